The Morgan fingerprint density at radius 2 is 2.06 bits per heavy atom. The predicted molar refractivity (Wildman–Crippen MR) is 61.3 cm³/mol. The highest BCUT2D eigenvalue weighted by Gasteiger charge is 2.12. The number of halogens is 1. The van der Waals surface area contributed by atoms with E-state index >= 15 is 0 Å². The van der Waals surface area contributed by atoms with E-state index in [-0.39, 0.29) is 5.56 Å². The van der Waals surface area contributed by atoms with Gasteiger partial charge in [-0.15, -0.1) is 0 Å². The maximum absolute atomic E-state index is 13.2. The predicted octanol–water partition coefficient (Wildman–Crippen LogP) is 2.89. The number of carboxylic acid groups (broad SMARTS) is 1. The minimum Gasteiger partial charge on any atom is -0.478 e. The van der Waals surface area contributed by atoms with Gasteiger partial charge in [-0.2, -0.15) is 0 Å². The molecule has 4 heteroatoms. The normalized spacial score (nSPS) is 10.2. The summed E-state index contributed by atoms with van der Waals surface area (Å²) >= 11 is 0. The number of hydrogen-bond acceptors (Lipinski definition) is 2. The average Bonchev–Trinajstić information content (AvgIpc) is 2.28. The largest absolute Gasteiger partial charge is 0.478 e. The van der Waals surface area contributed by atoms with Crippen LogP contribution >= 0.6 is 0 Å². The van der Waals surface area contributed by atoms with E-state index in [0.29, 0.717) is 11.1 Å². The molecule has 1 aromatic heterocycles. The Kier molecular flexibility index (Phi) is 2.87. The van der Waals surface area contributed by atoms with E-state index in [1.165, 1.54) is 12.1 Å². The molecule has 1 heterocycles. The van der Waals surface area contributed by atoms with E-state index in [9.17, 15) is 9.18 Å². The SMILES string of the molecule is Cc1cc(-c2cc(F)ccc2C(=O)O)ccn1. The number of rotatable bonds is 2. The highest BCUT2D eigenvalue weighted by Crippen LogP contribution is 2.25. The van der Waals surface area contributed by atoms with Crippen molar-refractivity contribution >= 4 is 5.97 Å². The molecule has 0 saturated heterocycles. The Bertz CT molecular complexity index is 581. The first-order valence-corrected chi connectivity index (χ1v) is 5.04. The van der Waals surface area contributed by atoms with Crippen molar-refractivity contribution in [3.8, 4) is 11.1 Å². The van der Waals surface area contributed by atoms with Gasteiger partial charge in [0.2, 0.25) is 0 Å². The first-order valence-electron chi connectivity index (χ1n) is 5.04. The molecule has 0 aliphatic rings. The highest BCUT2D eigenvalue weighted by atomic mass is 19.1. The van der Waals surface area contributed by atoms with Gasteiger partial charge < -0.3 is 5.11 Å². The molecule has 0 atom stereocenters. The molecule has 1 aromatic carbocycles. The fraction of sp³-hybridized carbons (Fsp3) is 0.0769. The molecule has 0 aliphatic heterocycles. The van der Waals surface area contributed by atoms with Crippen LogP contribution < -0.4 is 0 Å². The first-order chi connectivity index (χ1) is 8.08. The zero-order chi connectivity index (χ0) is 12.4. The Morgan fingerprint density at radius 1 is 1.29 bits per heavy atom. The molecule has 0 amide bonds. The van der Waals surface area contributed by atoms with Crippen molar-refractivity contribution < 1.29 is 14.3 Å². The van der Waals surface area contributed by atoms with Gasteiger partial charge in [-0.25, -0.2) is 9.18 Å². The lowest BCUT2D eigenvalue weighted by Gasteiger charge is -2.06. The molecule has 1 N–H and O–H groups in total. The van der Waals surface area contributed by atoms with Gasteiger partial charge in [0.05, 0.1) is 5.56 Å². The van der Waals surface area contributed by atoms with Crippen LogP contribution in [0.2, 0.25) is 0 Å². The minimum atomic E-state index is -1.07. The van der Waals surface area contributed by atoms with Gasteiger partial charge >= 0.3 is 5.97 Å². The Morgan fingerprint density at radius 3 is 2.71 bits per heavy atom. The van der Waals surface area contributed by atoms with Crippen LogP contribution in [0.3, 0.4) is 0 Å². The summed E-state index contributed by atoms with van der Waals surface area (Å²) in [6.07, 6.45) is 1.57. The second-order valence-corrected chi connectivity index (χ2v) is 3.68. The summed E-state index contributed by atoms with van der Waals surface area (Å²) in [4.78, 5) is 15.1. The number of aryl methyl sites for hydroxylation is 1. The smallest absolute Gasteiger partial charge is 0.336 e. The van der Waals surface area contributed by atoms with E-state index in [1.807, 2.05) is 0 Å². The van der Waals surface area contributed by atoms with Crippen LogP contribution in [0.4, 0.5) is 4.39 Å². The fourth-order valence-electron chi connectivity index (χ4n) is 1.65. The molecular weight excluding hydrogens is 221 g/mol. The second kappa shape index (κ2) is 4.33. The fourth-order valence-corrected chi connectivity index (χ4v) is 1.65. The van der Waals surface area contributed by atoms with Crippen LogP contribution in [0.5, 0.6) is 0 Å². The summed E-state index contributed by atoms with van der Waals surface area (Å²) in [5.41, 5.74) is 1.84. The summed E-state index contributed by atoms with van der Waals surface area (Å²) < 4.78 is 13.2. The van der Waals surface area contributed by atoms with Gasteiger partial charge in [-0.1, -0.05) is 0 Å². The van der Waals surface area contributed by atoms with Gasteiger partial charge in [0.15, 0.2) is 0 Å². The van der Waals surface area contributed by atoms with Crippen LogP contribution in [-0.4, -0.2) is 16.1 Å². The van der Waals surface area contributed by atoms with Crippen LogP contribution in [0.25, 0.3) is 11.1 Å². The third-order valence-corrected chi connectivity index (χ3v) is 2.42. The van der Waals surface area contributed by atoms with Crippen molar-refractivity contribution in [3.05, 3.63) is 53.6 Å². The average molecular weight is 231 g/mol. The van der Waals surface area contributed by atoms with Crippen LogP contribution in [-0.2, 0) is 0 Å². The van der Waals surface area contributed by atoms with Crippen LogP contribution in [0, 0.1) is 12.7 Å². The Labute approximate surface area is 97.6 Å². The zero-order valence-corrected chi connectivity index (χ0v) is 9.14. The van der Waals surface area contributed by atoms with E-state index in [2.05, 4.69) is 4.98 Å². The minimum absolute atomic E-state index is 0.0806. The molecule has 0 saturated carbocycles. The molecule has 86 valence electrons. The number of aromatic nitrogens is 1. The van der Waals surface area contributed by atoms with Crippen molar-refractivity contribution in [1.29, 1.82) is 0 Å². The number of carboxylic acids is 1. The van der Waals surface area contributed by atoms with E-state index in [1.54, 1.807) is 25.3 Å². The molecule has 0 fully saturated rings. The van der Waals surface area contributed by atoms with E-state index < -0.39 is 11.8 Å². The van der Waals surface area contributed by atoms with Gasteiger partial charge in [0.25, 0.3) is 0 Å². The molecule has 17 heavy (non-hydrogen) atoms. The molecule has 0 radical (unpaired) electrons. The summed E-state index contributed by atoms with van der Waals surface area (Å²) in [6, 6.07) is 7.01. The Hall–Kier alpha value is -2.23. The van der Waals surface area contributed by atoms with E-state index in [0.717, 1.165) is 11.8 Å². The lowest BCUT2D eigenvalue weighted by Crippen LogP contribution is -2.00. The molecular formula is C13H10FNO2. The number of benzene rings is 1. The van der Waals surface area contributed by atoms with Gasteiger partial charge in [0.1, 0.15) is 5.82 Å². The lowest BCUT2D eigenvalue weighted by molar-refractivity contribution is 0.0697. The third kappa shape index (κ3) is 2.30. The number of carbonyl (C=O) groups is 1. The van der Waals surface area contributed by atoms with E-state index in [4.69, 9.17) is 5.11 Å². The number of hydrogen-bond donors (Lipinski definition) is 1. The first kappa shape index (κ1) is 11.3. The van der Waals surface area contributed by atoms with Gasteiger partial charge in [0, 0.05) is 11.9 Å². The monoisotopic (exact) mass is 231 g/mol. The van der Waals surface area contributed by atoms with Gasteiger partial charge in [-0.3, -0.25) is 4.98 Å². The maximum Gasteiger partial charge on any atom is 0.336 e. The summed E-state index contributed by atoms with van der Waals surface area (Å²) in [5.74, 6) is -1.53. The molecule has 0 bridgehead atoms. The quantitative estimate of drug-likeness (QED) is 0.864. The van der Waals surface area contributed by atoms with Crippen molar-refractivity contribution in [2.45, 2.75) is 6.92 Å². The zero-order valence-electron chi connectivity index (χ0n) is 9.14. The van der Waals surface area contributed by atoms with Crippen LogP contribution in [0.15, 0.2) is 36.5 Å². The second-order valence-electron chi connectivity index (χ2n) is 3.68. The van der Waals surface area contributed by atoms with Crippen molar-refractivity contribution in [3.63, 3.8) is 0 Å². The molecule has 0 aliphatic carbocycles. The summed E-state index contributed by atoms with van der Waals surface area (Å²) in [7, 11) is 0. The number of pyridine rings is 1. The van der Waals surface area contributed by atoms with Crippen molar-refractivity contribution in [1.82, 2.24) is 4.98 Å². The van der Waals surface area contributed by atoms with Gasteiger partial charge in [-0.05, 0) is 48.4 Å². The third-order valence-electron chi connectivity index (χ3n) is 2.42. The van der Waals surface area contributed by atoms with Crippen molar-refractivity contribution in [2.24, 2.45) is 0 Å². The number of nitrogens with zero attached hydrogens (tertiary/aromatic N) is 1. The van der Waals surface area contributed by atoms with Crippen LogP contribution in [0.1, 0.15) is 16.1 Å². The lowest BCUT2D eigenvalue weighted by atomic mass is 10.00. The van der Waals surface area contributed by atoms with Crippen molar-refractivity contribution in [2.75, 3.05) is 0 Å². The summed E-state index contributed by atoms with van der Waals surface area (Å²) in [5, 5.41) is 9.05. The maximum atomic E-state index is 13.2. The molecule has 2 aromatic rings. The molecule has 0 spiro atoms. The topological polar surface area (TPSA) is 50.2 Å². The highest BCUT2D eigenvalue weighted by molar-refractivity contribution is 5.96. The molecule has 2 rings (SSSR count). The molecule has 3 nitrogen and oxygen atoms in total. The Balaban J connectivity index is 2.65. The summed E-state index contributed by atoms with van der Waals surface area (Å²) in [6.45, 7) is 1.79. The molecule has 0 unspecified atom stereocenters. The number of aromatic carboxylic acids is 1. The standard InChI is InChI=1S/C13H10FNO2/c1-8-6-9(4-5-15-8)12-7-10(14)2-3-11(12)13(16)17/h2-7H,1H3,(H,16,17).